The van der Waals surface area contributed by atoms with Gasteiger partial charge < -0.3 is 16.4 Å². The van der Waals surface area contributed by atoms with Crippen LogP contribution in [0.25, 0.3) is 17.7 Å². The van der Waals surface area contributed by atoms with Crippen LogP contribution in [0.3, 0.4) is 0 Å². The van der Waals surface area contributed by atoms with Gasteiger partial charge in [0.25, 0.3) is 5.91 Å². The van der Waals surface area contributed by atoms with E-state index in [0.29, 0.717) is 22.0 Å². The first-order chi connectivity index (χ1) is 16.0. The van der Waals surface area contributed by atoms with Gasteiger partial charge in [-0.05, 0) is 65.9 Å². The minimum Gasteiger partial charge on any atom is -0.397 e. The lowest BCUT2D eigenvalue weighted by Gasteiger charge is -2.10. The summed E-state index contributed by atoms with van der Waals surface area (Å²) in [6, 6.07) is 22.2. The zero-order valence-corrected chi connectivity index (χ0v) is 18.7. The van der Waals surface area contributed by atoms with Gasteiger partial charge in [-0.15, -0.1) is 0 Å². The van der Waals surface area contributed by atoms with Crippen molar-refractivity contribution in [3.05, 3.63) is 101 Å². The third-order valence-corrected chi connectivity index (χ3v) is 5.42. The van der Waals surface area contributed by atoms with Gasteiger partial charge in [0.05, 0.1) is 11.4 Å². The van der Waals surface area contributed by atoms with Crippen LogP contribution in [0.15, 0.2) is 78.9 Å². The molecule has 4 N–H and O–H groups in total. The number of hydrogen-bond donors (Lipinski definition) is 3. The van der Waals surface area contributed by atoms with Gasteiger partial charge in [0.1, 0.15) is 0 Å². The highest BCUT2D eigenvalue weighted by Crippen LogP contribution is 2.25. The van der Waals surface area contributed by atoms with Crippen LogP contribution in [0.4, 0.5) is 11.4 Å². The van der Waals surface area contributed by atoms with E-state index in [1.807, 2.05) is 54.6 Å². The molecule has 0 spiro atoms. The van der Waals surface area contributed by atoms with Gasteiger partial charge in [0.2, 0.25) is 5.91 Å². The van der Waals surface area contributed by atoms with Crippen molar-refractivity contribution in [3.63, 3.8) is 0 Å². The molecule has 1 saturated carbocycles. The van der Waals surface area contributed by atoms with Gasteiger partial charge in [0, 0.05) is 22.7 Å². The van der Waals surface area contributed by atoms with E-state index in [2.05, 4.69) is 10.6 Å². The lowest BCUT2D eigenvalue weighted by atomic mass is 10.0. The minimum absolute atomic E-state index is 0.111. The summed E-state index contributed by atoms with van der Waals surface area (Å²) in [4.78, 5) is 25.0. The zero-order chi connectivity index (χ0) is 23.2. The molecular weight excluding hydrogens is 434 g/mol. The molecule has 4 rings (SSSR count). The summed E-state index contributed by atoms with van der Waals surface area (Å²) in [5.41, 5.74) is 9.99. The highest BCUT2D eigenvalue weighted by Gasteiger charge is 2.25. The van der Waals surface area contributed by atoms with Gasteiger partial charge in [-0.1, -0.05) is 60.1 Å². The number of amides is 2. The summed E-state index contributed by atoms with van der Waals surface area (Å²) in [7, 11) is 0. The normalized spacial score (nSPS) is 13.7. The van der Waals surface area contributed by atoms with E-state index in [1.165, 1.54) is 6.08 Å². The van der Waals surface area contributed by atoms with Crippen LogP contribution in [-0.4, -0.2) is 17.9 Å². The molecule has 1 fully saturated rings. The van der Waals surface area contributed by atoms with E-state index in [4.69, 9.17) is 17.3 Å². The van der Waals surface area contributed by atoms with Crippen molar-refractivity contribution in [2.45, 2.75) is 18.9 Å². The first kappa shape index (κ1) is 22.4. The second-order valence-electron chi connectivity index (χ2n) is 7.89. The number of para-hydroxylation sites is 2. The molecule has 0 aliphatic heterocycles. The molecule has 3 aromatic rings. The third-order valence-electron chi connectivity index (χ3n) is 5.19. The molecule has 1 aliphatic carbocycles. The Morgan fingerprint density at radius 2 is 1.67 bits per heavy atom. The Kier molecular flexibility index (Phi) is 6.91. The molecule has 6 heteroatoms. The molecule has 0 radical (unpaired) electrons. The van der Waals surface area contributed by atoms with Crippen molar-refractivity contribution in [1.82, 2.24) is 5.32 Å². The summed E-state index contributed by atoms with van der Waals surface area (Å²) < 4.78 is 0. The Hall–Kier alpha value is -3.83. The topological polar surface area (TPSA) is 84.2 Å². The van der Waals surface area contributed by atoms with Crippen molar-refractivity contribution in [2.24, 2.45) is 0 Å². The second-order valence-corrected chi connectivity index (χ2v) is 8.33. The average Bonchev–Trinajstić information content (AvgIpc) is 3.62. The number of carbonyl (C=O) groups is 2. The largest absolute Gasteiger partial charge is 0.397 e. The maximum absolute atomic E-state index is 12.8. The van der Waals surface area contributed by atoms with Crippen LogP contribution in [0.1, 0.15) is 29.5 Å². The predicted octanol–water partition coefficient (Wildman–Crippen LogP) is 5.39. The van der Waals surface area contributed by atoms with Crippen LogP contribution in [-0.2, 0) is 9.59 Å². The maximum atomic E-state index is 12.8. The van der Waals surface area contributed by atoms with E-state index in [9.17, 15) is 9.59 Å². The summed E-state index contributed by atoms with van der Waals surface area (Å²) >= 11 is 6.15. The molecule has 33 heavy (non-hydrogen) atoms. The first-order valence-electron chi connectivity index (χ1n) is 10.7. The Balaban J connectivity index is 1.49. The minimum atomic E-state index is -0.267. The van der Waals surface area contributed by atoms with Crippen molar-refractivity contribution < 1.29 is 9.59 Å². The van der Waals surface area contributed by atoms with E-state index in [-0.39, 0.29) is 17.9 Å². The number of anilines is 2. The van der Waals surface area contributed by atoms with Crippen molar-refractivity contribution in [1.29, 1.82) is 0 Å². The highest BCUT2D eigenvalue weighted by molar-refractivity contribution is 6.31. The van der Waals surface area contributed by atoms with E-state index >= 15 is 0 Å². The van der Waals surface area contributed by atoms with Gasteiger partial charge in [-0.3, -0.25) is 9.59 Å². The number of hydrogen-bond acceptors (Lipinski definition) is 3. The first-order valence-corrected chi connectivity index (χ1v) is 11.1. The molecule has 0 heterocycles. The maximum Gasteiger partial charge on any atom is 0.252 e. The van der Waals surface area contributed by atoms with Gasteiger partial charge in [-0.2, -0.15) is 0 Å². The van der Waals surface area contributed by atoms with Crippen LogP contribution in [0.2, 0.25) is 5.02 Å². The zero-order valence-electron chi connectivity index (χ0n) is 17.9. The van der Waals surface area contributed by atoms with Crippen LogP contribution in [0.5, 0.6) is 0 Å². The molecule has 1 aliphatic rings. The summed E-state index contributed by atoms with van der Waals surface area (Å²) in [6.45, 7) is 0. The van der Waals surface area contributed by atoms with Gasteiger partial charge >= 0.3 is 0 Å². The number of nitrogen functional groups attached to an aromatic ring is 1. The quantitative estimate of drug-likeness (QED) is 0.252. The lowest BCUT2D eigenvalue weighted by Crippen LogP contribution is -2.26. The molecule has 2 amide bonds. The number of nitrogens with two attached hydrogens (primary N) is 1. The summed E-state index contributed by atoms with van der Waals surface area (Å²) in [5.74, 6) is -0.377. The highest BCUT2D eigenvalue weighted by atomic mass is 35.5. The molecule has 0 atom stereocenters. The second kappa shape index (κ2) is 10.2. The van der Waals surface area contributed by atoms with E-state index in [1.54, 1.807) is 30.3 Å². The Morgan fingerprint density at radius 1 is 0.939 bits per heavy atom. The predicted molar refractivity (Wildman–Crippen MR) is 135 cm³/mol. The number of benzene rings is 3. The van der Waals surface area contributed by atoms with Crippen LogP contribution in [0, 0.1) is 0 Å². The molecule has 0 unspecified atom stereocenters. The molecule has 0 aromatic heterocycles. The molecule has 0 bridgehead atoms. The Labute approximate surface area is 198 Å². The molecule has 166 valence electrons. The fourth-order valence-corrected chi connectivity index (χ4v) is 3.44. The fourth-order valence-electron chi connectivity index (χ4n) is 3.25. The van der Waals surface area contributed by atoms with Crippen molar-refractivity contribution in [3.8, 4) is 0 Å². The Bertz CT molecular complexity index is 1230. The fraction of sp³-hybridized carbons (Fsp3) is 0.111. The van der Waals surface area contributed by atoms with Crippen LogP contribution >= 0.6 is 11.6 Å². The molecule has 0 saturated heterocycles. The summed E-state index contributed by atoms with van der Waals surface area (Å²) in [6.07, 6.45) is 7.05. The average molecular weight is 458 g/mol. The van der Waals surface area contributed by atoms with Crippen molar-refractivity contribution >= 4 is 52.5 Å². The van der Waals surface area contributed by atoms with Crippen molar-refractivity contribution in [2.75, 3.05) is 11.1 Å². The van der Waals surface area contributed by atoms with Gasteiger partial charge in [0.15, 0.2) is 0 Å². The molecular formula is C27H24ClN3O2. The SMILES string of the molecule is Nc1ccccc1NC(=O)/C=C/c1ccc(/C=C(/C(=O)NC2CC2)c2cccc(Cl)c2)cc1. The van der Waals surface area contributed by atoms with E-state index in [0.717, 1.165) is 29.5 Å². The smallest absolute Gasteiger partial charge is 0.252 e. The number of halogens is 1. The monoisotopic (exact) mass is 457 g/mol. The summed E-state index contributed by atoms with van der Waals surface area (Å²) in [5, 5.41) is 6.38. The van der Waals surface area contributed by atoms with Crippen LogP contribution < -0.4 is 16.4 Å². The number of rotatable bonds is 7. The third kappa shape index (κ3) is 6.34. The Morgan fingerprint density at radius 3 is 2.36 bits per heavy atom. The van der Waals surface area contributed by atoms with E-state index < -0.39 is 0 Å². The van der Waals surface area contributed by atoms with Gasteiger partial charge in [-0.25, -0.2) is 0 Å². The number of nitrogens with one attached hydrogen (secondary N) is 2. The standard InChI is InChI=1S/C27H24ClN3O2/c28-21-5-3-4-20(17-21)23(27(33)30-22-13-14-22)16-19-10-8-18(9-11-19)12-15-26(32)31-25-7-2-1-6-24(25)29/h1-12,15-17,22H,13-14,29H2,(H,30,33)(H,31,32)/b15-12+,23-16+. The molecule has 3 aromatic carbocycles. The molecule has 5 nitrogen and oxygen atoms in total. The number of carbonyl (C=O) groups excluding carboxylic acids is 2. The lowest BCUT2D eigenvalue weighted by molar-refractivity contribution is -0.115.